The summed E-state index contributed by atoms with van der Waals surface area (Å²) in [6.45, 7) is 6.37. The minimum Gasteiger partial charge on any atom is -0.352 e. The van der Waals surface area contributed by atoms with Crippen LogP contribution >= 0.6 is 0 Å². The van der Waals surface area contributed by atoms with Gasteiger partial charge in [0.05, 0.1) is 5.69 Å². The Kier molecular flexibility index (Phi) is 5.26. The smallest absolute Gasteiger partial charge is 0.217 e. The summed E-state index contributed by atoms with van der Waals surface area (Å²) in [7, 11) is 0. The molecule has 2 unspecified atom stereocenters. The standard InChI is InChI=1S/C23H26N4O/c1-17-4-8-20(9-5-17)22-15-26(16-23(22)25-18(2)28)14-19-6-10-21(11-7-19)27-13-3-12-24-27/h3-13,22-23H,14-16H2,1-2H3,(H,25,28). The van der Waals surface area contributed by atoms with Crippen LogP contribution in [-0.2, 0) is 11.3 Å². The van der Waals surface area contributed by atoms with Crippen molar-refractivity contribution in [3.05, 3.63) is 83.7 Å². The average molecular weight is 374 g/mol. The number of carbonyl (C=O) groups excluding carboxylic acids is 1. The molecule has 28 heavy (non-hydrogen) atoms. The van der Waals surface area contributed by atoms with Crippen molar-refractivity contribution in [3.8, 4) is 5.69 Å². The first-order chi connectivity index (χ1) is 13.6. The Morgan fingerprint density at radius 3 is 2.50 bits per heavy atom. The van der Waals surface area contributed by atoms with Crippen molar-refractivity contribution in [1.82, 2.24) is 20.0 Å². The number of nitrogens with one attached hydrogen (secondary N) is 1. The minimum atomic E-state index is 0.0348. The fourth-order valence-corrected chi connectivity index (χ4v) is 4.01. The number of hydrogen-bond acceptors (Lipinski definition) is 3. The van der Waals surface area contributed by atoms with Crippen molar-refractivity contribution in [2.24, 2.45) is 0 Å². The van der Waals surface area contributed by atoms with Crippen LogP contribution in [0, 0.1) is 6.92 Å². The fourth-order valence-electron chi connectivity index (χ4n) is 4.01. The first kappa shape index (κ1) is 18.4. The highest BCUT2D eigenvalue weighted by molar-refractivity contribution is 5.73. The largest absolute Gasteiger partial charge is 0.352 e. The predicted molar refractivity (Wildman–Crippen MR) is 110 cm³/mol. The molecule has 0 saturated carbocycles. The normalized spacial score (nSPS) is 19.6. The van der Waals surface area contributed by atoms with Gasteiger partial charge in [0, 0.05) is 50.9 Å². The number of hydrogen-bond donors (Lipinski definition) is 1. The highest BCUT2D eigenvalue weighted by atomic mass is 16.1. The molecule has 5 nitrogen and oxygen atoms in total. The number of aromatic nitrogens is 2. The molecule has 144 valence electrons. The number of likely N-dealkylation sites (tertiary alicyclic amines) is 1. The van der Waals surface area contributed by atoms with E-state index in [2.05, 4.69) is 70.8 Å². The van der Waals surface area contributed by atoms with Crippen LogP contribution in [0.2, 0.25) is 0 Å². The summed E-state index contributed by atoms with van der Waals surface area (Å²) < 4.78 is 1.86. The highest BCUT2D eigenvalue weighted by Gasteiger charge is 2.34. The second kappa shape index (κ2) is 7.98. The lowest BCUT2D eigenvalue weighted by molar-refractivity contribution is -0.119. The van der Waals surface area contributed by atoms with Crippen LogP contribution in [0.1, 0.15) is 29.5 Å². The molecule has 1 saturated heterocycles. The zero-order valence-electron chi connectivity index (χ0n) is 16.4. The maximum Gasteiger partial charge on any atom is 0.217 e. The summed E-state index contributed by atoms with van der Waals surface area (Å²) in [6.07, 6.45) is 3.73. The monoisotopic (exact) mass is 374 g/mol. The Labute approximate surface area is 166 Å². The third-order valence-corrected chi connectivity index (χ3v) is 5.40. The molecule has 4 rings (SSSR count). The Morgan fingerprint density at radius 2 is 1.86 bits per heavy atom. The van der Waals surface area contributed by atoms with Crippen molar-refractivity contribution in [1.29, 1.82) is 0 Å². The molecular weight excluding hydrogens is 348 g/mol. The van der Waals surface area contributed by atoms with Crippen molar-refractivity contribution in [2.45, 2.75) is 32.4 Å². The van der Waals surface area contributed by atoms with Gasteiger partial charge in [-0.05, 0) is 36.2 Å². The Bertz CT molecular complexity index is 916. The van der Waals surface area contributed by atoms with Gasteiger partial charge in [0.2, 0.25) is 5.91 Å². The Hall–Kier alpha value is -2.92. The number of nitrogens with zero attached hydrogens (tertiary/aromatic N) is 3. The fraction of sp³-hybridized carbons (Fsp3) is 0.304. The maximum absolute atomic E-state index is 11.7. The summed E-state index contributed by atoms with van der Waals surface area (Å²) in [6, 6.07) is 19.3. The zero-order valence-corrected chi connectivity index (χ0v) is 16.4. The molecule has 2 heterocycles. The number of benzene rings is 2. The molecule has 1 aliphatic heterocycles. The van der Waals surface area contributed by atoms with Gasteiger partial charge in [-0.3, -0.25) is 9.69 Å². The molecule has 1 fully saturated rings. The van der Waals surface area contributed by atoms with Crippen LogP contribution in [0.3, 0.4) is 0 Å². The van der Waals surface area contributed by atoms with E-state index in [1.807, 2.05) is 16.9 Å². The van der Waals surface area contributed by atoms with Crippen LogP contribution in [0.4, 0.5) is 0 Å². The van der Waals surface area contributed by atoms with E-state index in [9.17, 15) is 4.79 Å². The molecule has 5 heteroatoms. The molecule has 0 bridgehead atoms. The lowest BCUT2D eigenvalue weighted by Gasteiger charge is -2.19. The SMILES string of the molecule is CC(=O)NC1CN(Cc2ccc(-n3cccn3)cc2)CC1c1ccc(C)cc1. The molecule has 1 aliphatic rings. The maximum atomic E-state index is 11.7. The molecule has 0 spiro atoms. The summed E-state index contributed by atoms with van der Waals surface area (Å²) in [5, 5.41) is 7.43. The molecule has 1 amide bonds. The van der Waals surface area contributed by atoms with E-state index < -0.39 is 0 Å². The van der Waals surface area contributed by atoms with E-state index in [0.717, 1.165) is 25.3 Å². The van der Waals surface area contributed by atoms with Crippen LogP contribution in [0.5, 0.6) is 0 Å². The Balaban J connectivity index is 1.47. The van der Waals surface area contributed by atoms with Gasteiger partial charge in [0.25, 0.3) is 0 Å². The lowest BCUT2D eigenvalue weighted by Crippen LogP contribution is -2.38. The van der Waals surface area contributed by atoms with Gasteiger partial charge >= 0.3 is 0 Å². The van der Waals surface area contributed by atoms with Gasteiger partial charge in [-0.15, -0.1) is 0 Å². The van der Waals surface area contributed by atoms with Gasteiger partial charge in [-0.25, -0.2) is 4.68 Å². The van der Waals surface area contributed by atoms with E-state index in [1.54, 1.807) is 13.1 Å². The predicted octanol–water partition coefficient (Wildman–Crippen LogP) is 3.28. The molecule has 2 atom stereocenters. The third kappa shape index (κ3) is 4.15. The summed E-state index contributed by atoms with van der Waals surface area (Å²) in [5.74, 6) is 0.348. The van der Waals surface area contributed by atoms with E-state index >= 15 is 0 Å². The van der Waals surface area contributed by atoms with Crippen molar-refractivity contribution < 1.29 is 4.79 Å². The summed E-state index contributed by atoms with van der Waals surface area (Å²) >= 11 is 0. The van der Waals surface area contributed by atoms with Gasteiger partial charge in [-0.1, -0.05) is 42.0 Å². The quantitative estimate of drug-likeness (QED) is 0.746. The van der Waals surface area contributed by atoms with Gasteiger partial charge < -0.3 is 5.32 Å². The van der Waals surface area contributed by atoms with Crippen LogP contribution in [0.25, 0.3) is 5.69 Å². The van der Waals surface area contributed by atoms with E-state index in [0.29, 0.717) is 5.92 Å². The number of aryl methyl sites for hydroxylation is 1. The molecule has 2 aromatic carbocycles. The van der Waals surface area contributed by atoms with Gasteiger partial charge in [0.15, 0.2) is 0 Å². The average Bonchev–Trinajstić information content (AvgIpc) is 3.33. The number of amides is 1. The molecule has 0 radical (unpaired) electrons. The van der Waals surface area contributed by atoms with Crippen molar-refractivity contribution in [3.63, 3.8) is 0 Å². The molecular formula is C23H26N4O. The van der Waals surface area contributed by atoms with E-state index in [-0.39, 0.29) is 11.9 Å². The minimum absolute atomic E-state index is 0.0348. The summed E-state index contributed by atoms with van der Waals surface area (Å²) in [5.41, 5.74) is 4.87. The number of rotatable bonds is 5. The second-order valence-corrected chi connectivity index (χ2v) is 7.64. The van der Waals surface area contributed by atoms with Crippen molar-refractivity contribution >= 4 is 5.91 Å². The number of carbonyl (C=O) groups is 1. The van der Waals surface area contributed by atoms with E-state index in [1.165, 1.54) is 16.7 Å². The second-order valence-electron chi connectivity index (χ2n) is 7.64. The van der Waals surface area contributed by atoms with E-state index in [4.69, 9.17) is 0 Å². The summed E-state index contributed by atoms with van der Waals surface area (Å²) in [4.78, 5) is 14.1. The highest BCUT2D eigenvalue weighted by Crippen LogP contribution is 2.29. The van der Waals surface area contributed by atoms with Crippen molar-refractivity contribution in [2.75, 3.05) is 13.1 Å². The topological polar surface area (TPSA) is 50.2 Å². The molecule has 1 N–H and O–H groups in total. The van der Waals surface area contributed by atoms with Crippen LogP contribution in [0.15, 0.2) is 67.0 Å². The molecule has 0 aliphatic carbocycles. The third-order valence-electron chi connectivity index (χ3n) is 5.40. The lowest BCUT2D eigenvalue weighted by atomic mass is 9.93. The molecule has 1 aromatic heterocycles. The van der Waals surface area contributed by atoms with Crippen LogP contribution in [-0.4, -0.2) is 39.7 Å². The Morgan fingerprint density at radius 1 is 1.11 bits per heavy atom. The zero-order chi connectivity index (χ0) is 19.5. The van der Waals surface area contributed by atoms with Gasteiger partial charge in [0.1, 0.15) is 0 Å². The van der Waals surface area contributed by atoms with Crippen LogP contribution < -0.4 is 5.32 Å². The first-order valence-electron chi connectivity index (χ1n) is 9.73. The molecule has 3 aromatic rings. The van der Waals surface area contributed by atoms with Gasteiger partial charge in [-0.2, -0.15) is 5.10 Å². The first-order valence-corrected chi connectivity index (χ1v) is 9.73.